The van der Waals surface area contributed by atoms with E-state index >= 15 is 0 Å². The maximum absolute atomic E-state index is 11.9. The van der Waals surface area contributed by atoms with Gasteiger partial charge in [0, 0.05) is 69.6 Å². The van der Waals surface area contributed by atoms with Gasteiger partial charge in [0.25, 0.3) is 0 Å². The number of hydrogen-bond acceptors (Lipinski definition) is 10. The number of likely N-dealkylation sites (N-methyl/N-ethyl adjacent to an activating group) is 1. The summed E-state index contributed by atoms with van der Waals surface area (Å²) in [6, 6.07) is 18.8. The van der Waals surface area contributed by atoms with E-state index < -0.39 is 9.84 Å². The largest absolute Gasteiger partial charge is 0.369 e. The van der Waals surface area contributed by atoms with Gasteiger partial charge in [0.05, 0.1) is 29.8 Å². The molecule has 1 aromatic heterocycles. The first kappa shape index (κ1) is 26.8. The van der Waals surface area contributed by atoms with E-state index in [0.717, 1.165) is 44.0 Å². The van der Waals surface area contributed by atoms with Crippen LogP contribution >= 0.6 is 0 Å². The molecule has 0 amide bonds. The molecule has 3 saturated heterocycles. The van der Waals surface area contributed by atoms with Gasteiger partial charge in [-0.1, -0.05) is 30.3 Å². The zero-order valence-electron chi connectivity index (χ0n) is 23.1. The SMILES string of the molecule is CN1CCN(c2ccc(Nc3cc(N4OCCC4c4ccccc4)ncn3)c(N3CC(CS(C)(=O)=O)C3)c2)CC1. The molecule has 2 aromatic carbocycles. The fourth-order valence-electron chi connectivity index (χ4n) is 5.80. The lowest BCUT2D eigenvalue weighted by molar-refractivity contribution is 0.157. The maximum Gasteiger partial charge on any atom is 0.158 e. The number of nitrogens with one attached hydrogen (secondary N) is 1. The summed E-state index contributed by atoms with van der Waals surface area (Å²) in [4.78, 5) is 22.0. The van der Waals surface area contributed by atoms with Gasteiger partial charge in [-0.25, -0.2) is 23.4 Å². The summed E-state index contributed by atoms with van der Waals surface area (Å²) in [6.07, 6.45) is 3.76. The maximum atomic E-state index is 11.9. The van der Waals surface area contributed by atoms with Gasteiger partial charge in [0.2, 0.25) is 0 Å². The Kier molecular flexibility index (Phi) is 7.52. The molecule has 1 unspecified atom stereocenters. The van der Waals surface area contributed by atoms with E-state index in [1.165, 1.54) is 17.5 Å². The van der Waals surface area contributed by atoms with E-state index in [1.807, 2.05) is 29.3 Å². The second-order valence-corrected chi connectivity index (χ2v) is 13.3. The van der Waals surface area contributed by atoms with Gasteiger partial charge in [-0.15, -0.1) is 0 Å². The number of benzene rings is 2. The van der Waals surface area contributed by atoms with Crippen molar-refractivity contribution in [3.63, 3.8) is 0 Å². The number of piperazine rings is 1. The van der Waals surface area contributed by atoms with E-state index in [9.17, 15) is 8.42 Å². The molecule has 1 N–H and O–H groups in total. The number of nitrogens with zero attached hydrogens (tertiary/aromatic N) is 6. The quantitative estimate of drug-likeness (QED) is 0.440. The van der Waals surface area contributed by atoms with Crippen LogP contribution in [0.5, 0.6) is 0 Å². The number of sulfone groups is 1. The zero-order valence-corrected chi connectivity index (χ0v) is 23.9. The smallest absolute Gasteiger partial charge is 0.158 e. The topological polar surface area (TPSA) is 94.1 Å². The summed E-state index contributed by atoms with van der Waals surface area (Å²) >= 11 is 0. The van der Waals surface area contributed by atoms with Crippen LogP contribution in [0, 0.1) is 5.92 Å². The molecule has 0 aliphatic carbocycles. The third-order valence-corrected chi connectivity index (χ3v) is 8.99. The van der Waals surface area contributed by atoms with Crippen LogP contribution in [0.3, 0.4) is 0 Å². The second kappa shape index (κ2) is 11.2. The first-order chi connectivity index (χ1) is 19.3. The van der Waals surface area contributed by atoms with Gasteiger partial charge >= 0.3 is 0 Å². The highest BCUT2D eigenvalue weighted by molar-refractivity contribution is 7.90. The number of hydrogen-bond donors (Lipinski definition) is 1. The minimum atomic E-state index is -3.01. The Morgan fingerprint density at radius 2 is 1.75 bits per heavy atom. The molecule has 6 rings (SSSR count). The van der Waals surface area contributed by atoms with Crippen molar-refractivity contribution in [2.45, 2.75) is 12.5 Å². The zero-order chi connectivity index (χ0) is 27.7. The molecule has 212 valence electrons. The Labute approximate surface area is 236 Å². The minimum absolute atomic E-state index is 0.0928. The molecule has 0 saturated carbocycles. The lowest BCUT2D eigenvalue weighted by Crippen LogP contribution is -2.50. The van der Waals surface area contributed by atoms with Crippen molar-refractivity contribution in [1.82, 2.24) is 14.9 Å². The van der Waals surface area contributed by atoms with E-state index in [0.29, 0.717) is 31.3 Å². The van der Waals surface area contributed by atoms with E-state index in [1.54, 1.807) is 6.33 Å². The van der Waals surface area contributed by atoms with Crippen LogP contribution in [0.2, 0.25) is 0 Å². The number of anilines is 5. The van der Waals surface area contributed by atoms with Crippen LogP contribution in [-0.2, 0) is 14.7 Å². The van der Waals surface area contributed by atoms with Crippen molar-refractivity contribution >= 4 is 38.5 Å². The minimum Gasteiger partial charge on any atom is -0.369 e. The van der Waals surface area contributed by atoms with E-state index in [2.05, 4.69) is 67.4 Å². The number of hydroxylamine groups is 1. The second-order valence-electron chi connectivity index (χ2n) is 11.1. The highest BCUT2D eigenvalue weighted by atomic mass is 32.2. The molecule has 11 heteroatoms. The Hall–Kier alpha value is -3.41. The van der Waals surface area contributed by atoms with Crippen LogP contribution in [0.4, 0.5) is 28.7 Å². The van der Waals surface area contributed by atoms with Crippen LogP contribution in [0.15, 0.2) is 60.9 Å². The molecule has 1 atom stereocenters. The van der Waals surface area contributed by atoms with Crippen LogP contribution in [0.1, 0.15) is 18.0 Å². The molecule has 4 heterocycles. The molecule has 3 fully saturated rings. The molecule has 3 aliphatic rings. The molecule has 0 bridgehead atoms. The van der Waals surface area contributed by atoms with E-state index in [-0.39, 0.29) is 17.7 Å². The van der Waals surface area contributed by atoms with Gasteiger partial charge in [-0.3, -0.25) is 4.84 Å². The average Bonchev–Trinajstić information content (AvgIpc) is 3.42. The van der Waals surface area contributed by atoms with Crippen molar-refractivity contribution in [3.05, 3.63) is 66.5 Å². The third kappa shape index (κ3) is 6.01. The van der Waals surface area contributed by atoms with E-state index in [4.69, 9.17) is 4.84 Å². The summed E-state index contributed by atoms with van der Waals surface area (Å²) < 4.78 is 23.7. The van der Waals surface area contributed by atoms with Gasteiger partial charge in [-0.2, -0.15) is 0 Å². The predicted octanol–water partition coefficient (Wildman–Crippen LogP) is 3.34. The summed E-state index contributed by atoms with van der Waals surface area (Å²) in [6.45, 7) is 6.07. The predicted molar refractivity (Wildman–Crippen MR) is 159 cm³/mol. The van der Waals surface area contributed by atoms with Crippen molar-refractivity contribution < 1.29 is 13.3 Å². The normalized spacial score (nSPS) is 20.6. The monoisotopic (exact) mass is 563 g/mol. The van der Waals surface area contributed by atoms with Crippen molar-refractivity contribution in [1.29, 1.82) is 0 Å². The Morgan fingerprint density at radius 3 is 2.50 bits per heavy atom. The molecule has 3 aromatic rings. The Morgan fingerprint density at radius 1 is 0.975 bits per heavy atom. The Balaban J connectivity index is 1.24. The third-order valence-electron chi connectivity index (χ3n) is 7.92. The number of aromatic nitrogens is 2. The first-order valence-corrected chi connectivity index (χ1v) is 15.9. The van der Waals surface area contributed by atoms with Crippen molar-refractivity contribution in [3.8, 4) is 0 Å². The fourth-order valence-corrected chi connectivity index (χ4v) is 6.86. The molecule has 0 spiro atoms. The summed E-state index contributed by atoms with van der Waals surface area (Å²) in [5, 5.41) is 5.40. The van der Waals surface area contributed by atoms with Gasteiger partial charge in [-0.05, 0) is 30.8 Å². The first-order valence-electron chi connectivity index (χ1n) is 13.9. The van der Waals surface area contributed by atoms with Crippen molar-refractivity contribution in [2.24, 2.45) is 5.92 Å². The highest BCUT2D eigenvalue weighted by Crippen LogP contribution is 2.38. The van der Waals surface area contributed by atoms with Crippen LogP contribution in [0.25, 0.3) is 0 Å². The Bertz CT molecular complexity index is 1420. The number of rotatable bonds is 8. The van der Waals surface area contributed by atoms with Gasteiger partial charge < -0.3 is 20.0 Å². The van der Waals surface area contributed by atoms with Crippen molar-refractivity contribution in [2.75, 3.05) is 85.1 Å². The fraction of sp³-hybridized carbons (Fsp3) is 0.448. The molecule has 0 radical (unpaired) electrons. The van der Waals surface area contributed by atoms with Gasteiger partial charge in [0.1, 0.15) is 22.0 Å². The molecular formula is C29H37N7O3S. The van der Waals surface area contributed by atoms with Gasteiger partial charge in [0.15, 0.2) is 5.82 Å². The standard InChI is InChI=1S/C29H37N7O3S/c1-33-11-13-34(14-12-33)24-8-9-25(27(16-24)35-18-22(19-35)20-40(2,37)38)32-28-17-29(31-21-30-28)36-26(10-15-39-36)23-6-4-3-5-7-23/h3-9,16-17,21-22,26H,10-15,18-20H2,1-2H3,(H,30,31,32). The highest BCUT2D eigenvalue weighted by Gasteiger charge is 2.32. The summed E-state index contributed by atoms with van der Waals surface area (Å²) in [5.41, 5.74) is 4.36. The molecule has 10 nitrogen and oxygen atoms in total. The molecule has 3 aliphatic heterocycles. The van der Waals surface area contributed by atoms with Crippen LogP contribution in [-0.4, -0.2) is 88.2 Å². The summed E-state index contributed by atoms with van der Waals surface area (Å²) in [7, 11) is -0.850. The molecule has 40 heavy (non-hydrogen) atoms. The summed E-state index contributed by atoms with van der Waals surface area (Å²) in [5.74, 6) is 1.74. The average molecular weight is 564 g/mol. The lowest BCUT2D eigenvalue weighted by Gasteiger charge is -2.42. The van der Waals surface area contributed by atoms with Crippen LogP contribution < -0.4 is 20.2 Å². The molecular weight excluding hydrogens is 526 g/mol. The lowest BCUT2D eigenvalue weighted by atomic mass is 10.0.